The van der Waals surface area contributed by atoms with Crippen molar-refractivity contribution in [3.63, 3.8) is 0 Å². The molecule has 0 aromatic heterocycles. The van der Waals surface area contributed by atoms with Crippen molar-refractivity contribution in [2.24, 2.45) is 0 Å². The fourth-order valence-corrected chi connectivity index (χ4v) is 0.999. The third-order valence-corrected chi connectivity index (χ3v) is 1.96. The van der Waals surface area contributed by atoms with Crippen molar-refractivity contribution in [2.45, 2.75) is 32.3 Å². The van der Waals surface area contributed by atoms with Gasteiger partial charge in [0.2, 0.25) is 0 Å². The molecule has 0 spiro atoms. The van der Waals surface area contributed by atoms with Crippen LogP contribution in [0.1, 0.15) is 26.7 Å². The van der Waals surface area contributed by atoms with E-state index in [0.29, 0.717) is 13.0 Å². The van der Waals surface area contributed by atoms with Gasteiger partial charge in [-0.25, -0.2) is 0 Å². The number of ether oxygens (including phenoxy) is 1. The van der Waals surface area contributed by atoms with Crippen LogP contribution in [-0.2, 0) is 4.74 Å². The van der Waals surface area contributed by atoms with Crippen molar-refractivity contribution in [3.8, 4) is 0 Å². The van der Waals surface area contributed by atoms with Gasteiger partial charge < -0.3 is 9.84 Å². The third-order valence-electron chi connectivity index (χ3n) is 1.96. The first-order valence-corrected chi connectivity index (χ1v) is 4.52. The smallest absolute Gasteiger partial charge is 0.0800 e. The van der Waals surface area contributed by atoms with Crippen molar-refractivity contribution >= 4 is 0 Å². The lowest BCUT2D eigenvalue weighted by atomic mass is 10.00. The van der Waals surface area contributed by atoms with Crippen molar-refractivity contribution in [3.05, 3.63) is 24.3 Å². The molecular weight excluding hydrogens is 164 g/mol. The summed E-state index contributed by atoms with van der Waals surface area (Å²) in [5, 5.41) is 9.59. The second-order valence-corrected chi connectivity index (χ2v) is 3.58. The first-order valence-electron chi connectivity index (χ1n) is 4.52. The van der Waals surface area contributed by atoms with Crippen LogP contribution >= 0.6 is 0 Å². The Hall–Kier alpha value is -0.600. The lowest BCUT2D eigenvalue weighted by Crippen LogP contribution is -2.19. The summed E-state index contributed by atoms with van der Waals surface area (Å²) in [6.45, 7) is 8.02. The van der Waals surface area contributed by atoms with E-state index in [-0.39, 0.29) is 0 Å². The highest BCUT2D eigenvalue weighted by molar-refractivity contribution is 5.00. The van der Waals surface area contributed by atoms with Gasteiger partial charge in [0.15, 0.2) is 0 Å². The maximum atomic E-state index is 9.59. The molecule has 0 aromatic rings. The van der Waals surface area contributed by atoms with Gasteiger partial charge in [-0.1, -0.05) is 17.7 Å². The van der Waals surface area contributed by atoms with Crippen molar-refractivity contribution in [1.82, 2.24) is 0 Å². The molecule has 0 aliphatic rings. The number of allylic oxidation sites excluding steroid dienone is 1. The van der Waals surface area contributed by atoms with E-state index in [1.165, 1.54) is 5.57 Å². The highest BCUT2D eigenvalue weighted by Gasteiger charge is 2.12. The van der Waals surface area contributed by atoms with Crippen LogP contribution in [0, 0.1) is 0 Å². The molecule has 1 N–H and O–H groups in total. The number of aliphatic hydroxyl groups is 1. The summed E-state index contributed by atoms with van der Waals surface area (Å²) >= 11 is 0. The average molecular weight is 184 g/mol. The van der Waals surface area contributed by atoms with E-state index < -0.39 is 5.60 Å². The summed E-state index contributed by atoms with van der Waals surface area (Å²) in [7, 11) is 1.68. The Labute approximate surface area is 80.9 Å². The standard InChI is InChI=1S/C11H20O2/c1-5-11(3,12)8-6-7-10(2)9-13-4/h5,7,12H,1,6,8-9H2,2-4H3. The van der Waals surface area contributed by atoms with E-state index in [4.69, 9.17) is 4.74 Å². The van der Waals surface area contributed by atoms with Crippen molar-refractivity contribution < 1.29 is 9.84 Å². The Balaban J connectivity index is 3.77. The van der Waals surface area contributed by atoms with Gasteiger partial charge in [-0.2, -0.15) is 0 Å². The normalized spacial score (nSPS) is 16.8. The van der Waals surface area contributed by atoms with Gasteiger partial charge in [0.25, 0.3) is 0 Å². The zero-order valence-electron chi connectivity index (χ0n) is 8.84. The van der Waals surface area contributed by atoms with Crippen molar-refractivity contribution in [2.75, 3.05) is 13.7 Å². The molecular formula is C11H20O2. The Bertz CT molecular complexity index is 181. The predicted octanol–water partition coefficient (Wildman–Crippen LogP) is 2.30. The molecule has 0 heterocycles. The molecule has 2 heteroatoms. The maximum absolute atomic E-state index is 9.59. The molecule has 0 bridgehead atoms. The van der Waals surface area contributed by atoms with Crippen LogP contribution in [0.15, 0.2) is 24.3 Å². The van der Waals surface area contributed by atoms with Crippen LogP contribution in [0.3, 0.4) is 0 Å². The Morgan fingerprint density at radius 2 is 2.23 bits per heavy atom. The Morgan fingerprint density at radius 1 is 1.62 bits per heavy atom. The summed E-state index contributed by atoms with van der Waals surface area (Å²) < 4.78 is 4.96. The summed E-state index contributed by atoms with van der Waals surface area (Å²) in [5.41, 5.74) is 0.450. The van der Waals surface area contributed by atoms with Crippen molar-refractivity contribution in [1.29, 1.82) is 0 Å². The number of hydrogen-bond donors (Lipinski definition) is 1. The molecule has 0 saturated heterocycles. The monoisotopic (exact) mass is 184 g/mol. The zero-order valence-corrected chi connectivity index (χ0v) is 8.84. The van der Waals surface area contributed by atoms with Gasteiger partial charge >= 0.3 is 0 Å². The van der Waals surface area contributed by atoms with Crippen LogP contribution in [0.2, 0.25) is 0 Å². The van der Waals surface area contributed by atoms with Crippen LogP contribution < -0.4 is 0 Å². The summed E-state index contributed by atoms with van der Waals surface area (Å²) in [5.74, 6) is 0. The SMILES string of the molecule is C=CC(C)(O)CCC=C(C)COC. The molecule has 13 heavy (non-hydrogen) atoms. The van der Waals surface area contributed by atoms with E-state index in [1.807, 2.05) is 6.92 Å². The average Bonchev–Trinajstić information content (AvgIpc) is 2.05. The topological polar surface area (TPSA) is 29.5 Å². The second kappa shape index (κ2) is 5.95. The number of methoxy groups -OCH3 is 1. The van der Waals surface area contributed by atoms with Crippen LogP contribution in [0.25, 0.3) is 0 Å². The Kier molecular flexibility index (Phi) is 5.67. The van der Waals surface area contributed by atoms with Gasteiger partial charge in [-0.05, 0) is 26.7 Å². The van der Waals surface area contributed by atoms with E-state index >= 15 is 0 Å². The quantitative estimate of drug-likeness (QED) is 0.642. The van der Waals surface area contributed by atoms with E-state index in [1.54, 1.807) is 20.1 Å². The first kappa shape index (κ1) is 12.4. The van der Waals surface area contributed by atoms with Crippen LogP contribution in [0.5, 0.6) is 0 Å². The van der Waals surface area contributed by atoms with Gasteiger partial charge in [-0.3, -0.25) is 0 Å². The largest absolute Gasteiger partial charge is 0.386 e. The molecule has 1 atom stereocenters. The fourth-order valence-electron chi connectivity index (χ4n) is 0.999. The molecule has 0 rings (SSSR count). The molecule has 76 valence electrons. The molecule has 0 aliphatic heterocycles. The van der Waals surface area contributed by atoms with E-state index in [9.17, 15) is 5.11 Å². The summed E-state index contributed by atoms with van der Waals surface area (Å²) in [6.07, 6.45) is 5.22. The van der Waals surface area contributed by atoms with Gasteiger partial charge in [0.1, 0.15) is 0 Å². The molecule has 0 aliphatic carbocycles. The highest BCUT2D eigenvalue weighted by atomic mass is 16.5. The van der Waals surface area contributed by atoms with Crippen LogP contribution in [-0.4, -0.2) is 24.4 Å². The number of rotatable bonds is 6. The summed E-state index contributed by atoms with van der Waals surface area (Å²) in [6, 6.07) is 0. The Morgan fingerprint density at radius 3 is 2.69 bits per heavy atom. The van der Waals surface area contributed by atoms with Gasteiger partial charge in [0, 0.05) is 7.11 Å². The molecule has 0 radical (unpaired) electrons. The van der Waals surface area contributed by atoms with E-state index in [2.05, 4.69) is 12.7 Å². The third kappa shape index (κ3) is 6.55. The lowest BCUT2D eigenvalue weighted by Gasteiger charge is -2.16. The molecule has 0 fully saturated rings. The molecule has 0 aromatic carbocycles. The minimum Gasteiger partial charge on any atom is -0.386 e. The van der Waals surface area contributed by atoms with Crippen LogP contribution in [0.4, 0.5) is 0 Å². The highest BCUT2D eigenvalue weighted by Crippen LogP contribution is 2.13. The minimum absolute atomic E-state index is 0.663. The van der Waals surface area contributed by atoms with E-state index in [0.717, 1.165) is 6.42 Å². The maximum Gasteiger partial charge on any atom is 0.0800 e. The molecule has 0 amide bonds. The van der Waals surface area contributed by atoms with Gasteiger partial charge in [0.05, 0.1) is 12.2 Å². The van der Waals surface area contributed by atoms with Gasteiger partial charge in [-0.15, -0.1) is 6.58 Å². The molecule has 2 nitrogen and oxygen atoms in total. The second-order valence-electron chi connectivity index (χ2n) is 3.58. The fraction of sp³-hybridized carbons (Fsp3) is 0.636. The summed E-state index contributed by atoms with van der Waals surface area (Å²) in [4.78, 5) is 0. The number of hydrogen-bond acceptors (Lipinski definition) is 2. The minimum atomic E-state index is -0.746. The molecule has 0 saturated carbocycles. The molecule has 1 unspecified atom stereocenters. The predicted molar refractivity (Wildman–Crippen MR) is 55.7 cm³/mol. The lowest BCUT2D eigenvalue weighted by molar-refractivity contribution is 0.103. The first-order chi connectivity index (χ1) is 6.02. The zero-order chi connectivity index (χ0) is 10.3.